The average Bonchev–Trinajstić information content (AvgIpc) is 3.42. The third-order valence-corrected chi connectivity index (χ3v) is 7.25. The number of ether oxygens (including phenoxy) is 8. The van der Waals surface area contributed by atoms with Crippen LogP contribution < -0.4 is 0 Å². The fraction of sp³-hybridized carbons (Fsp3) is 0.500. The zero-order valence-corrected chi connectivity index (χ0v) is 22.2. The molecule has 3 fully saturated rings. The van der Waals surface area contributed by atoms with Gasteiger partial charge in [-0.3, -0.25) is 4.79 Å². The van der Waals surface area contributed by atoms with Crippen LogP contribution >= 0.6 is 0 Å². The fourth-order valence-corrected chi connectivity index (χ4v) is 5.51. The molecule has 2 aromatic rings. The van der Waals surface area contributed by atoms with E-state index in [0.717, 1.165) is 11.1 Å². The second kappa shape index (κ2) is 11.1. The van der Waals surface area contributed by atoms with E-state index in [-0.39, 0.29) is 18.5 Å². The van der Waals surface area contributed by atoms with Gasteiger partial charge in [0.1, 0.15) is 37.1 Å². The molecule has 0 radical (unpaired) electrons. The molecular weight excluding hydrogens is 504 g/mol. The number of hydrogen-bond donors (Lipinski definition) is 0. The van der Waals surface area contributed by atoms with Crippen molar-refractivity contribution < 1.29 is 42.7 Å². The Morgan fingerprint density at radius 1 is 0.821 bits per heavy atom. The highest BCUT2D eigenvalue weighted by Crippen LogP contribution is 2.46. The van der Waals surface area contributed by atoms with Crippen molar-refractivity contribution in [3.05, 3.63) is 83.9 Å². The summed E-state index contributed by atoms with van der Waals surface area (Å²) in [6, 6.07) is 19.7. The molecular formula is C30H34O9. The Morgan fingerprint density at radius 2 is 1.56 bits per heavy atom. The molecule has 9 atom stereocenters. The molecule has 4 aliphatic rings. The predicted molar refractivity (Wildman–Crippen MR) is 137 cm³/mol. The maximum atomic E-state index is 11.4. The van der Waals surface area contributed by atoms with E-state index in [1.807, 2.05) is 86.7 Å². The lowest BCUT2D eigenvalue weighted by molar-refractivity contribution is -0.358. The molecule has 208 valence electrons. The Kier molecular flexibility index (Phi) is 7.56. The van der Waals surface area contributed by atoms with Crippen LogP contribution in [-0.4, -0.2) is 61.5 Å². The molecule has 9 heteroatoms. The quantitative estimate of drug-likeness (QED) is 0.383. The van der Waals surface area contributed by atoms with Crippen LogP contribution in [0.4, 0.5) is 0 Å². The van der Waals surface area contributed by atoms with Gasteiger partial charge >= 0.3 is 5.97 Å². The second-order valence-corrected chi connectivity index (χ2v) is 10.6. The number of benzene rings is 2. The largest absolute Gasteiger partial charge is 0.463 e. The third-order valence-electron chi connectivity index (χ3n) is 7.25. The van der Waals surface area contributed by atoms with Crippen molar-refractivity contribution in [2.75, 3.05) is 6.61 Å². The van der Waals surface area contributed by atoms with Crippen molar-refractivity contribution in [3.63, 3.8) is 0 Å². The molecule has 0 bridgehead atoms. The lowest BCUT2D eigenvalue weighted by Gasteiger charge is -2.46. The van der Waals surface area contributed by atoms with Crippen LogP contribution in [0.1, 0.15) is 38.2 Å². The molecule has 2 aromatic carbocycles. The van der Waals surface area contributed by atoms with Gasteiger partial charge in [-0.2, -0.15) is 0 Å². The first-order valence-electron chi connectivity index (χ1n) is 13.4. The molecule has 0 unspecified atom stereocenters. The normalized spacial score (nSPS) is 36.7. The van der Waals surface area contributed by atoms with Crippen LogP contribution in [0.2, 0.25) is 0 Å². The highest BCUT2D eigenvalue weighted by Gasteiger charge is 2.60. The summed E-state index contributed by atoms with van der Waals surface area (Å²) in [6.07, 6.45) is -0.454. The highest BCUT2D eigenvalue weighted by atomic mass is 16.8. The molecule has 0 N–H and O–H groups in total. The number of carbonyl (C=O) groups is 1. The summed E-state index contributed by atoms with van der Waals surface area (Å²) in [7, 11) is 0. The molecule has 0 saturated carbocycles. The third kappa shape index (κ3) is 5.81. The number of carbonyl (C=O) groups excluding carboxylic acids is 1. The highest BCUT2D eigenvalue weighted by molar-refractivity contribution is 5.65. The Hall–Kier alpha value is -2.63. The minimum Gasteiger partial charge on any atom is -0.463 e. The summed E-state index contributed by atoms with van der Waals surface area (Å²) in [4.78, 5) is 11.4. The molecule has 6 rings (SSSR count). The lowest BCUT2D eigenvalue weighted by Crippen LogP contribution is -2.55. The zero-order valence-electron chi connectivity index (χ0n) is 22.2. The van der Waals surface area contributed by atoms with Gasteiger partial charge in [0.25, 0.3) is 0 Å². The SMILES string of the molecule is CC(=O)OC[C@@H]1C=C[C@H]2[C@H](O[C@@H](c3ccccc3)O[C@@H]2[C@H]2O[C@@H]3OC(C)(C)O[C@@H]3[C@H]2OCc2ccccc2)O1. The molecule has 3 saturated heterocycles. The summed E-state index contributed by atoms with van der Waals surface area (Å²) in [5, 5.41) is 0. The van der Waals surface area contributed by atoms with Gasteiger partial charge in [-0.05, 0) is 19.4 Å². The van der Waals surface area contributed by atoms with Crippen LogP contribution in [0.3, 0.4) is 0 Å². The van der Waals surface area contributed by atoms with Crippen LogP contribution in [0, 0.1) is 5.92 Å². The first-order chi connectivity index (χ1) is 18.9. The molecule has 9 nitrogen and oxygen atoms in total. The van der Waals surface area contributed by atoms with E-state index in [1.54, 1.807) is 0 Å². The van der Waals surface area contributed by atoms with Gasteiger partial charge in [0.05, 0.1) is 12.5 Å². The van der Waals surface area contributed by atoms with Crippen molar-refractivity contribution in [1.29, 1.82) is 0 Å². The Balaban J connectivity index is 1.28. The van der Waals surface area contributed by atoms with Crippen LogP contribution in [0.15, 0.2) is 72.8 Å². The Labute approximate surface area is 227 Å². The number of fused-ring (bicyclic) bond motifs is 2. The average molecular weight is 539 g/mol. The first kappa shape index (κ1) is 26.6. The summed E-state index contributed by atoms with van der Waals surface area (Å²) >= 11 is 0. The van der Waals surface area contributed by atoms with E-state index in [4.69, 9.17) is 37.9 Å². The number of hydrogen-bond acceptors (Lipinski definition) is 9. The van der Waals surface area contributed by atoms with Crippen molar-refractivity contribution >= 4 is 5.97 Å². The fourth-order valence-electron chi connectivity index (χ4n) is 5.51. The molecule has 4 aliphatic heterocycles. The maximum Gasteiger partial charge on any atom is 0.302 e. The van der Waals surface area contributed by atoms with E-state index in [2.05, 4.69) is 0 Å². The predicted octanol–water partition coefficient (Wildman–Crippen LogP) is 4.02. The monoisotopic (exact) mass is 538 g/mol. The van der Waals surface area contributed by atoms with Gasteiger partial charge in [0, 0.05) is 12.5 Å². The van der Waals surface area contributed by atoms with Crippen molar-refractivity contribution in [2.24, 2.45) is 5.92 Å². The standard InChI is InChI=1S/C30H34O9/c1-18(31)32-17-21-14-15-22-23(35-27(37-28(22)34-21)20-12-8-5-9-13-20)25-24(33-16-19-10-6-4-7-11-19)26-29(36-25)39-30(2,3)38-26/h4-15,21-29H,16-17H2,1-3H3/t21-,22+,23-,24-,25+,26+,27-,28-,29+/m0/s1. The maximum absolute atomic E-state index is 11.4. The summed E-state index contributed by atoms with van der Waals surface area (Å²) in [6.45, 7) is 5.59. The number of rotatable bonds is 7. The molecule has 4 heterocycles. The Bertz CT molecular complexity index is 1150. The summed E-state index contributed by atoms with van der Waals surface area (Å²) in [5.74, 6) is -1.47. The van der Waals surface area contributed by atoms with E-state index in [9.17, 15) is 4.79 Å². The van der Waals surface area contributed by atoms with Gasteiger partial charge in [-0.15, -0.1) is 0 Å². The van der Waals surface area contributed by atoms with Crippen molar-refractivity contribution in [2.45, 2.75) is 82.6 Å². The Morgan fingerprint density at radius 3 is 2.31 bits per heavy atom. The second-order valence-electron chi connectivity index (χ2n) is 10.6. The van der Waals surface area contributed by atoms with Crippen LogP contribution in [0.25, 0.3) is 0 Å². The lowest BCUT2D eigenvalue weighted by atomic mass is 9.89. The van der Waals surface area contributed by atoms with E-state index < -0.39 is 55.2 Å². The van der Waals surface area contributed by atoms with Gasteiger partial charge < -0.3 is 37.9 Å². The van der Waals surface area contributed by atoms with Crippen molar-refractivity contribution in [1.82, 2.24) is 0 Å². The molecule has 0 aromatic heterocycles. The topological polar surface area (TPSA) is 90.9 Å². The van der Waals surface area contributed by atoms with E-state index in [0.29, 0.717) is 6.61 Å². The van der Waals surface area contributed by atoms with Gasteiger partial charge in [0.15, 0.2) is 24.7 Å². The molecule has 0 aliphatic carbocycles. The minimum atomic E-state index is -0.794. The smallest absolute Gasteiger partial charge is 0.302 e. The van der Waals surface area contributed by atoms with Crippen molar-refractivity contribution in [3.8, 4) is 0 Å². The molecule has 0 amide bonds. The van der Waals surface area contributed by atoms with Crippen LogP contribution in [0.5, 0.6) is 0 Å². The first-order valence-corrected chi connectivity index (χ1v) is 13.4. The van der Waals surface area contributed by atoms with E-state index >= 15 is 0 Å². The van der Waals surface area contributed by atoms with Gasteiger partial charge in [-0.1, -0.05) is 72.8 Å². The van der Waals surface area contributed by atoms with Gasteiger partial charge in [-0.25, -0.2) is 0 Å². The zero-order chi connectivity index (χ0) is 27.0. The molecule has 0 spiro atoms. The van der Waals surface area contributed by atoms with Gasteiger partial charge in [0.2, 0.25) is 0 Å². The number of esters is 1. The molecule has 39 heavy (non-hydrogen) atoms. The minimum absolute atomic E-state index is 0.101. The van der Waals surface area contributed by atoms with Crippen LogP contribution in [-0.2, 0) is 49.3 Å². The summed E-state index contributed by atoms with van der Waals surface area (Å²) in [5.41, 5.74) is 1.89. The van der Waals surface area contributed by atoms with E-state index in [1.165, 1.54) is 6.92 Å². The summed E-state index contributed by atoms with van der Waals surface area (Å²) < 4.78 is 49.7.